The van der Waals surface area contributed by atoms with Crippen LogP contribution in [0.4, 0.5) is 5.69 Å². The summed E-state index contributed by atoms with van der Waals surface area (Å²) < 4.78 is 11.4. The van der Waals surface area contributed by atoms with Crippen LogP contribution in [0, 0.1) is 6.92 Å². The number of carbonyl (C=O) groups excluding carboxylic acids is 1. The van der Waals surface area contributed by atoms with E-state index < -0.39 is 0 Å². The van der Waals surface area contributed by atoms with Crippen molar-refractivity contribution in [1.29, 1.82) is 0 Å². The van der Waals surface area contributed by atoms with Gasteiger partial charge < -0.3 is 19.6 Å². The van der Waals surface area contributed by atoms with Crippen molar-refractivity contribution in [2.75, 3.05) is 11.9 Å². The van der Waals surface area contributed by atoms with Crippen molar-refractivity contribution in [3.63, 3.8) is 0 Å². The number of phenols is 1. The first-order valence-corrected chi connectivity index (χ1v) is 10.9. The molecule has 0 saturated heterocycles. The number of aromatic nitrogens is 1. The van der Waals surface area contributed by atoms with Crippen LogP contribution in [0.25, 0.3) is 22.6 Å². The first-order valence-electron chi connectivity index (χ1n) is 10.5. The molecule has 4 aromatic rings. The van der Waals surface area contributed by atoms with Crippen molar-refractivity contribution in [3.05, 3.63) is 71.8 Å². The van der Waals surface area contributed by atoms with Gasteiger partial charge in [0.25, 0.3) is 5.91 Å². The van der Waals surface area contributed by atoms with Gasteiger partial charge in [-0.25, -0.2) is 4.98 Å². The number of rotatable bonds is 6. The number of nitrogens with one attached hydrogen (secondary N) is 2. The van der Waals surface area contributed by atoms with E-state index in [4.69, 9.17) is 21.4 Å². The largest absolute Gasteiger partial charge is 0.507 e. The van der Waals surface area contributed by atoms with E-state index >= 15 is 0 Å². The smallest absolute Gasteiger partial charge is 0.257 e. The molecule has 3 N–H and O–H groups in total. The number of nitrogens with zero attached hydrogens (tertiary/aromatic N) is 1. The Bertz CT molecular complexity index is 1300. The molecule has 0 saturated carbocycles. The number of hydrogen-bond donors (Lipinski definition) is 3. The minimum atomic E-state index is -0.357. The van der Waals surface area contributed by atoms with E-state index in [2.05, 4.69) is 15.6 Å². The van der Waals surface area contributed by atoms with Crippen LogP contribution in [0.15, 0.2) is 65.1 Å². The fraction of sp³-hybridized carbons (Fsp3) is 0.160. The third kappa shape index (κ3) is 5.12. The summed E-state index contributed by atoms with van der Waals surface area (Å²) in [6, 6.07) is 17.7. The quantitative estimate of drug-likeness (QED) is 0.260. The summed E-state index contributed by atoms with van der Waals surface area (Å²) in [5.41, 5.74) is 3.34. The third-order valence-corrected chi connectivity index (χ3v) is 5.08. The zero-order valence-corrected chi connectivity index (χ0v) is 19.0. The molecule has 0 aliphatic heterocycles. The van der Waals surface area contributed by atoms with Crippen molar-refractivity contribution in [3.8, 4) is 23.0 Å². The van der Waals surface area contributed by atoms with Crippen LogP contribution < -0.4 is 15.4 Å². The fourth-order valence-corrected chi connectivity index (χ4v) is 3.50. The van der Waals surface area contributed by atoms with Crippen molar-refractivity contribution in [2.24, 2.45) is 0 Å². The molecule has 0 bridgehead atoms. The average Bonchev–Trinajstić information content (AvgIpc) is 3.24. The zero-order chi connectivity index (χ0) is 23.4. The van der Waals surface area contributed by atoms with Gasteiger partial charge in [0.1, 0.15) is 17.0 Å². The summed E-state index contributed by atoms with van der Waals surface area (Å²) in [6.07, 6.45) is 0.877. The number of amides is 1. The summed E-state index contributed by atoms with van der Waals surface area (Å²) in [7, 11) is 0. The van der Waals surface area contributed by atoms with Gasteiger partial charge in [-0.2, -0.15) is 0 Å². The van der Waals surface area contributed by atoms with Crippen molar-refractivity contribution in [2.45, 2.75) is 20.3 Å². The molecule has 0 fully saturated rings. The Morgan fingerprint density at radius 2 is 1.97 bits per heavy atom. The predicted octanol–water partition coefficient (Wildman–Crippen LogP) is 5.42. The highest BCUT2D eigenvalue weighted by molar-refractivity contribution is 7.80. The third-order valence-electron chi connectivity index (χ3n) is 4.88. The highest BCUT2D eigenvalue weighted by Crippen LogP contribution is 2.36. The van der Waals surface area contributed by atoms with Crippen molar-refractivity contribution >= 4 is 40.0 Å². The monoisotopic (exact) mass is 461 g/mol. The summed E-state index contributed by atoms with van der Waals surface area (Å²) in [5, 5.41) is 16.4. The second kappa shape index (κ2) is 9.70. The fourth-order valence-electron chi connectivity index (χ4n) is 3.29. The Morgan fingerprint density at radius 3 is 2.76 bits per heavy atom. The van der Waals surface area contributed by atoms with Gasteiger partial charge in [-0.3, -0.25) is 10.1 Å². The number of fused-ring (bicyclic) bond motifs is 1. The summed E-state index contributed by atoms with van der Waals surface area (Å²) in [5.74, 6) is 0.620. The second-order valence-corrected chi connectivity index (χ2v) is 7.87. The number of para-hydroxylation sites is 2. The number of phenolic OH excluding ortho intramolecular Hbond substituents is 1. The lowest BCUT2D eigenvalue weighted by atomic mass is 10.1. The van der Waals surface area contributed by atoms with Gasteiger partial charge in [0.2, 0.25) is 5.89 Å². The van der Waals surface area contributed by atoms with E-state index in [0.29, 0.717) is 51.7 Å². The maximum atomic E-state index is 12.6. The number of benzene rings is 3. The number of thiocarbonyl (C=S) groups is 1. The summed E-state index contributed by atoms with van der Waals surface area (Å²) in [6.45, 7) is 4.35. The molecule has 1 amide bonds. The number of anilines is 1. The van der Waals surface area contributed by atoms with Gasteiger partial charge in [-0.1, -0.05) is 25.1 Å². The number of aryl methyl sites for hydroxylation is 1. The summed E-state index contributed by atoms with van der Waals surface area (Å²) >= 11 is 5.33. The van der Waals surface area contributed by atoms with Crippen LogP contribution in [0.2, 0.25) is 0 Å². The van der Waals surface area contributed by atoms with E-state index in [0.717, 1.165) is 6.42 Å². The van der Waals surface area contributed by atoms with Crippen LogP contribution in [0.3, 0.4) is 0 Å². The Balaban J connectivity index is 1.51. The van der Waals surface area contributed by atoms with Gasteiger partial charge in [0, 0.05) is 11.3 Å². The molecule has 1 aromatic heterocycles. The first kappa shape index (κ1) is 22.3. The molecule has 0 radical (unpaired) electrons. The second-order valence-electron chi connectivity index (χ2n) is 7.46. The molecule has 1 heterocycles. The molecular weight excluding hydrogens is 438 g/mol. The van der Waals surface area contributed by atoms with Gasteiger partial charge in [0.15, 0.2) is 10.7 Å². The number of ether oxygens (including phenoxy) is 1. The Labute approximate surface area is 196 Å². The van der Waals surface area contributed by atoms with Crippen LogP contribution in [-0.2, 0) is 0 Å². The molecule has 3 aromatic carbocycles. The number of oxazole rings is 1. The van der Waals surface area contributed by atoms with Crippen LogP contribution in [-0.4, -0.2) is 27.7 Å². The minimum Gasteiger partial charge on any atom is -0.507 e. The summed E-state index contributed by atoms with van der Waals surface area (Å²) in [4.78, 5) is 17.1. The van der Waals surface area contributed by atoms with Gasteiger partial charge in [0.05, 0.1) is 12.2 Å². The number of hydrogen-bond acceptors (Lipinski definition) is 6. The molecular formula is C25H23N3O4S. The molecule has 0 atom stereocenters. The lowest BCUT2D eigenvalue weighted by Gasteiger charge is -2.13. The van der Waals surface area contributed by atoms with Crippen LogP contribution in [0.5, 0.6) is 11.5 Å². The topological polar surface area (TPSA) is 96.6 Å². The van der Waals surface area contributed by atoms with Crippen LogP contribution in [0.1, 0.15) is 29.3 Å². The van der Waals surface area contributed by atoms with Crippen molar-refractivity contribution < 1.29 is 19.1 Å². The zero-order valence-electron chi connectivity index (χ0n) is 18.2. The van der Waals surface area contributed by atoms with Gasteiger partial charge in [-0.15, -0.1) is 0 Å². The van der Waals surface area contributed by atoms with E-state index in [1.807, 2.05) is 31.2 Å². The molecule has 0 aliphatic rings. The Kier molecular flexibility index (Phi) is 6.55. The molecule has 168 valence electrons. The average molecular weight is 462 g/mol. The van der Waals surface area contributed by atoms with E-state index in [9.17, 15) is 9.90 Å². The maximum Gasteiger partial charge on any atom is 0.257 e. The Morgan fingerprint density at radius 1 is 1.15 bits per heavy atom. The number of carbonyl (C=O) groups is 1. The van der Waals surface area contributed by atoms with E-state index in [1.165, 1.54) is 0 Å². The highest BCUT2D eigenvalue weighted by atomic mass is 32.1. The van der Waals surface area contributed by atoms with Gasteiger partial charge >= 0.3 is 0 Å². The van der Waals surface area contributed by atoms with Gasteiger partial charge in [-0.05, 0) is 73.6 Å². The predicted molar refractivity (Wildman–Crippen MR) is 132 cm³/mol. The molecule has 33 heavy (non-hydrogen) atoms. The highest BCUT2D eigenvalue weighted by Gasteiger charge is 2.16. The van der Waals surface area contributed by atoms with E-state index in [1.54, 1.807) is 43.3 Å². The minimum absolute atomic E-state index is 0.0611. The van der Waals surface area contributed by atoms with E-state index in [-0.39, 0.29) is 16.8 Å². The Hall–Kier alpha value is -3.91. The molecule has 7 nitrogen and oxygen atoms in total. The SMILES string of the molecule is CCCOc1cccc(C(=O)NC(=S)Nc2cc(C)c(O)c(-c3nc4ccccc4o3)c2)c1. The molecule has 0 unspecified atom stereocenters. The molecule has 0 aliphatic carbocycles. The maximum absolute atomic E-state index is 12.6. The van der Waals surface area contributed by atoms with Crippen LogP contribution >= 0.6 is 12.2 Å². The molecule has 8 heteroatoms. The molecule has 0 spiro atoms. The normalized spacial score (nSPS) is 10.7. The van der Waals surface area contributed by atoms with Crippen molar-refractivity contribution in [1.82, 2.24) is 10.3 Å². The lowest BCUT2D eigenvalue weighted by Crippen LogP contribution is -2.34. The number of aromatic hydroxyl groups is 1. The standard InChI is InChI=1S/C25H23N3O4S/c1-3-11-31-18-8-6-7-16(13-18)23(30)28-25(33)26-17-12-15(2)22(29)19(14-17)24-27-20-9-4-5-10-21(20)32-24/h4-10,12-14,29H,3,11H2,1-2H3,(H2,26,28,30,33). The lowest BCUT2D eigenvalue weighted by molar-refractivity contribution is 0.0977. The first-order chi connectivity index (χ1) is 15.9. The molecule has 4 rings (SSSR count).